The summed E-state index contributed by atoms with van der Waals surface area (Å²) in [6.07, 6.45) is -10.3. The first-order valence-electron chi connectivity index (χ1n) is 8.76. The standard InChI is InChI=1S/C20H21F3O5/c21-20(22,23)14-6-4-11(5-7-14)8-12-2-1-3-13(9-12)19-18(27)17(26)16(25)15(10-24)28-19/h1-7,9,15-19,24-27H,8,10H2/t15-,16-,17+,18-,19+/m1/s1. The van der Waals surface area contributed by atoms with Crippen molar-refractivity contribution in [1.29, 1.82) is 0 Å². The smallest absolute Gasteiger partial charge is 0.394 e. The van der Waals surface area contributed by atoms with Crippen LogP contribution in [-0.4, -0.2) is 51.4 Å². The molecule has 2 aromatic rings. The van der Waals surface area contributed by atoms with Crippen LogP contribution in [0.3, 0.4) is 0 Å². The van der Waals surface area contributed by atoms with Crippen LogP contribution >= 0.6 is 0 Å². The third-order valence-corrected chi connectivity index (χ3v) is 4.86. The summed E-state index contributed by atoms with van der Waals surface area (Å²) in [7, 11) is 0. The molecule has 5 nitrogen and oxygen atoms in total. The second-order valence-corrected chi connectivity index (χ2v) is 6.87. The first kappa shape index (κ1) is 20.8. The molecule has 0 amide bonds. The van der Waals surface area contributed by atoms with Crippen LogP contribution in [0.1, 0.15) is 28.4 Å². The van der Waals surface area contributed by atoms with E-state index >= 15 is 0 Å². The maximum Gasteiger partial charge on any atom is 0.416 e. The monoisotopic (exact) mass is 398 g/mol. The molecule has 0 saturated carbocycles. The van der Waals surface area contributed by atoms with Gasteiger partial charge in [0.25, 0.3) is 0 Å². The Kier molecular flexibility index (Phi) is 6.07. The van der Waals surface area contributed by atoms with E-state index in [1.165, 1.54) is 12.1 Å². The molecule has 3 rings (SSSR count). The fourth-order valence-corrected chi connectivity index (χ4v) is 3.30. The molecule has 0 unspecified atom stereocenters. The quantitative estimate of drug-likeness (QED) is 0.631. The largest absolute Gasteiger partial charge is 0.416 e. The van der Waals surface area contributed by atoms with Gasteiger partial charge in [-0.25, -0.2) is 0 Å². The SMILES string of the molecule is OC[C@H]1O[C@@H](c2cccc(Cc3ccc(C(F)(F)F)cc3)c2)[C@H](O)[C@@H](O)[C@@H]1O. The number of aliphatic hydroxyl groups is 4. The maximum atomic E-state index is 12.7. The second kappa shape index (κ2) is 8.18. The van der Waals surface area contributed by atoms with Crippen LogP contribution in [0.25, 0.3) is 0 Å². The summed E-state index contributed by atoms with van der Waals surface area (Å²) in [6, 6.07) is 11.7. The summed E-state index contributed by atoms with van der Waals surface area (Å²) < 4.78 is 43.5. The van der Waals surface area contributed by atoms with Gasteiger partial charge in [0.15, 0.2) is 0 Å². The average molecular weight is 398 g/mol. The molecule has 152 valence electrons. The predicted octanol–water partition coefficient (Wildman–Crippen LogP) is 1.81. The number of halogens is 3. The van der Waals surface area contributed by atoms with Crippen LogP contribution < -0.4 is 0 Å². The molecule has 1 heterocycles. The molecular weight excluding hydrogens is 377 g/mol. The van der Waals surface area contributed by atoms with Crippen molar-refractivity contribution in [3.63, 3.8) is 0 Å². The van der Waals surface area contributed by atoms with Gasteiger partial charge in [-0.3, -0.25) is 0 Å². The molecule has 0 spiro atoms. The Morgan fingerprint density at radius 1 is 0.857 bits per heavy atom. The Morgan fingerprint density at radius 3 is 2.14 bits per heavy atom. The van der Waals surface area contributed by atoms with Crippen LogP contribution in [-0.2, 0) is 17.3 Å². The molecule has 1 aliphatic heterocycles. The van der Waals surface area contributed by atoms with Gasteiger partial charge in [-0.2, -0.15) is 13.2 Å². The van der Waals surface area contributed by atoms with Crippen LogP contribution in [0.4, 0.5) is 13.2 Å². The van der Waals surface area contributed by atoms with Gasteiger partial charge in [0, 0.05) is 0 Å². The van der Waals surface area contributed by atoms with Crippen LogP contribution in [0.2, 0.25) is 0 Å². The molecular formula is C20H21F3O5. The van der Waals surface area contributed by atoms with E-state index in [-0.39, 0.29) is 0 Å². The minimum absolute atomic E-state index is 0.364. The first-order valence-corrected chi connectivity index (χ1v) is 8.76. The highest BCUT2D eigenvalue weighted by Crippen LogP contribution is 2.33. The van der Waals surface area contributed by atoms with Gasteiger partial charge in [0.1, 0.15) is 30.5 Å². The summed E-state index contributed by atoms with van der Waals surface area (Å²) in [6.45, 7) is -0.521. The fraction of sp³-hybridized carbons (Fsp3) is 0.400. The van der Waals surface area contributed by atoms with E-state index < -0.39 is 48.9 Å². The summed E-state index contributed by atoms with van der Waals surface area (Å²) in [5, 5.41) is 39.4. The molecule has 1 aliphatic rings. The van der Waals surface area contributed by atoms with E-state index in [4.69, 9.17) is 4.74 Å². The minimum atomic E-state index is -4.39. The van der Waals surface area contributed by atoms with Crippen molar-refractivity contribution in [1.82, 2.24) is 0 Å². The highest BCUT2D eigenvalue weighted by atomic mass is 19.4. The van der Waals surface area contributed by atoms with Gasteiger partial charge in [-0.15, -0.1) is 0 Å². The summed E-state index contributed by atoms with van der Waals surface area (Å²) in [5.74, 6) is 0. The molecule has 1 fully saturated rings. The fourth-order valence-electron chi connectivity index (χ4n) is 3.30. The third kappa shape index (κ3) is 4.37. The van der Waals surface area contributed by atoms with Crippen molar-refractivity contribution in [2.75, 3.05) is 6.61 Å². The van der Waals surface area contributed by atoms with Crippen molar-refractivity contribution in [3.8, 4) is 0 Å². The van der Waals surface area contributed by atoms with Gasteiger partial charge in [0.2, 0.25) is 0 Å². The molecule has 0 aromatic heterocycles. The molecule has 8 heteroatoms. The summed E-state index contributed by atoms with van der Waals surface area (Å²) >= 11 is 0. The number of ether oxygens (including phenoxy) is 1. The molecule has 28 heavy (non-hydrogen) atoms. The highest BCUT2D eigenvalue weighted by molar-refractivity contribution is 5.33. The number of alkyl halides is 3. The number of rotatable bonds is 4. The maximum absolute atomic E-state index is 12.7. The Hall–Kier alpha value is -1.97. The molecule has 0 aliphatic carbocycles. The van der Waals surface area contributed by atoms with Crippen molar-refractivity contribution in [2.45, 2.75) is 43.1 Å². The van der Waals surface area contributed by atoms with E-state index in [1.807, 2.05) is 0 Å². The Labute approximate surface area is 159 Å². The zero-order valence-electron chi connectivity index (χ0n) is 14.8. The van der Waals surface area contributed by atoms with E-state index in [2.05, 4.69) is 0 Å². The second-order valence-electron chi connectivity index (χ2n) is 6.87. The average Bonchev–Trinajstić information content (AvgIpc) is 2.66. The molecule has 0 radical (unpaired) electrons. The first-order chi connectivity index (χ1) is 13.2. The molecule has 1 saturated heterocycles. The van der Waals surface area contributed by atoms with E-state index in [9.17, 15) is 33.6 Å². The molecule has 2 aromatic carbocycles. The van der Waals surface area contributed by atoms with Crippen molar-refractivity contribution in [2.24, 2.45) is 0 Å². The number of aliphatic hydroxyl groups excluding tert-OH is 4. The van der Waals surface area contributed by atoms with Gasteiger partial charge in [-0.1, -0.05) is 36.4 Å². The van der Waals surface area contributed by atoms with Crippen LogP contribution in [0.15, 0.2) is 48.5 Å². The van der Waals surface area contributed by atoms with E-state index in [0.717, 1.165) is 17.7 Å². The highest BCUT2D eigenvalue weighted by Gasteiger charge is 2.43. The van der Waals surface area contributed by atoms with Crippen LogP contribution in [0, 0.1) is 0 Å². The summed E-state index contributed by atoms with van der Waals surface area (Å²) in [4.78, 5) is 0. The zero-order chi connectivity index (χ0) is 20.5. The lowest BCUT2D eigenvalue weighted by Gasteiger charge is -2.40. The molecule has 0 bridgehead atoms. The normalized spacial score (nSPS) is 28.3. The summed E-state index contributed by atoms with van der Waals surface area (Å²) in [5.41, 5.74) is 1.26. The number of hydrogen-bond acceptors (Lipinski definition) is 5. The molecule has 4 N–H and O–H groups in total. The Bertz CT molecular complexity index is 791. The topological polar surface area (TPSA) is 90.2 Å². The molecule has 5 atom stereocenters. The zero-order valence-corrected chi connectivity index (χ0v) is 14.8. The Balaban J connectivity index is 1.78. The lowest BCUT2D eigenvalue weighted by molar-refractivity contribution is -0.231. The van der Waals surface area contributed by atoms with Crippen molar-refractivity contribution in [3.05, 3.63) is 70.8 Å². The van der Waals surface area contributed by atoms with Gasteiger partial charge in [-0.05, 0) is 35.2 Å². The van der Waals surface area contributed by atoms with Gasteiger partial charge < -0.3 is 25.2 Å². The third-order valence-electron chi connectivity index (χ3n) is 4.86. The van der Waals surface area contributed by atoms with Crippen molar-refractivity contribution < 1.29 is 38.3 Å². The van der Waals surface area contributed by atoms with Gasteiger partial charge >= 0.3 is 6.18 Å². The number of hydrogen-bond donors (Lipinski definition) is 4. The predicted molar refractivity (Wildman–Crippen MR) is 93.4 cm³/mol. The lowest BCUT2D eigenvalue weighted by Crippen LogP contribution is -2.55. The van der Waals surface area contributed by atoms with E-state index in [0.29, 0.717) is 17.5 Å². The Morgan fingerprint density at radius 2 is 1.54 bits per heavy atom. The number of benzene rings is 2. The van der Waals surface area contributed by atoms with Gasteiger partial charge in [0.05, 0.1) is 12.2 Å². The van der Waals surface area contributed by atoms with Crippen molar-refractivity contribution >= 4 is 0 Å². The van der Waals surface area contributed by atoms with Crippen LogP contribution in [0.5, 0.6) is 0 Å². The van der Waals surface area contributed by atoms with E-state index in [1.54, 1.807) is 24.3 Å². The lowest BCUT2D eigenvalue weighted by atomic mass is 9.90. The minimum Gasteiger partial charge on any atom is -0.394 e.